The predicted octanol–water partition coefficient (Wildman–Crippen LogP) is 3.10. The van der Waals surface area contributed by atoms with Gasteiger partial charge in [0, 0.05) is 11.5 Å². The van der Waals surface area contributed by atoms with E-state index in [0.29, 0.717) is 5.56 Å². The zero-order chi connectivity index (χ0) is 16.8. The van der Waals surface area contributed by atoms with Gasteiger partial charge in [0.05, 0.1) is 12.8 Å². The summed E-state index contributed by atoms with van der Waals surface area (Å²) in [4.78, 5) is 34.0. The largest absolute Gasteiger partial charge is 0.481 e. The van der Waals surface area contributed by atoms with Gasteiger partial charge in [0.1, 0.15) is 0 Å². The van der Waals surface area contributed by atoms with Crippen molar-refractivity contribution in [2.45, 2.75) is 12.8 Å². The maximum absolute atomic E-state index is 12.3. The second-order valence-electron chi connectivity index (χ2n) is 5.20. The van der Waals surface area contributed by atoms with Gasteiger partial charge in [0.25, 0.3) is 0 Å². The molecule has 0 atom stereocenters. The minimum atomic E-state index is -1.19. The van der Waals surface area contributed by atoms with Crippen molar-refractivity contribution in [3.8, 4) is 11.1 Å². The van der Waals surface area contributed by atoms with Gasteiger partial charge in [-0.15, -0.1) is 0 Å². The van der Waals surface area contributed by atoms with Crippen LogP contribution in [0.5, 0.6) is 0 Å². The minimum Gasteiger partial charge on any atom is -0.481 e. The van der Waals surface area contributed by atoms with E-state index in [1.807, 2.05) is 30.3 Å². The standard InChI is InChI=1S/C18H16O5/c19-16(20)10-15(11-17(21)22)18(23)14-8-6-13(7-9-14)12-4-2-1-3-5-12/h1-9,15H,10-11H2,(H,19,20)(H,21,22). The molecule has 0 heterocycles. The Morgan fingerprint density at radius 3 is 1.70 bits per heavy atom. The number of carboxylic acids is 2. The zero-order valence-corrected chi connectivity index (χ0v) is 12.3. The van der Waals surface area contributed by atoms with Gasteiger partial charge in [0.2, 0.25) is 0 Å². The summed E-state index contributed by atoms with van der Waals surface area (Å²) in [5, 5.41) is 17.7. The Balaban J connectivity index is 2.21. The van der Waals surface area contributed by atoms with Gasteiger partial charge in [-0.25, -0.2) is 0 Å². The number of carbonyl (C=O) groups is 3. The van der Waals surface area contributed by atoms with E-state index in [0.717, 1.165) is 11.1 Å². The number of ketones is 1. The van der Waals surface area contributed by atoms with Crippen LogP contribution in [-0.4, -0.2) is 27.9 Å². The summed E-state index contributed by atoms with van der Waals surface area (Å²) in [7, 11) is 0. The molecule has 0 fully saturated rings. The fourth-order valence-electron chi connectivity index (χ4n) is 2.37. The molecule has 0 spiro atoms. The van der Waals surface area contributed by atoms with Crippen molar-refractivity contribution in [2.24, 2.45) is 5.92 Å². The summed E-state index contributed by atoms with van der Waals surface area (Å²) in [6.07, 6.45) is -0.989. The van der Waals surface area contributed by atoms with Crippen LogP contribution in [0.25, 0.3) is 11.1 Å². The quantitative estimate of drug-likeness (QED) is 0.766. The van der Waals surface area contributed by atoms with Crippen LogP contribution in [0.3, 0.4) is 0 Å². The highest BCUT2D eigenvalue weighted by Gasteiger charge is 2.25. The molecular formula is C18H16O5. The third-order valence-electron chi connectivity index (χ3n) is 3.49. The number of carboxylic acid groups (broad SMARTS) is 2. The van der Waals surface area contributed by atoms with Crippen molar-refractivity contribution >= 4 is 17.7 Å². The molecule has 2 N–H and O–H groups in total. The van der Waals surface area contributed by atoms with Gasteiger partial charge in [-0.2, -0.15) is 0 Å². The smallest absolute Gasteiger partial charge is 0.304 e. The molecule has 0 bridgehead atoms. The third kappa shape index (κ3) is 4.51. The van der Waals surface area contributed by atoms with Crippen LogP contribution < -0.4 is 0 Å². The van der Waals surface area contributed by atoms with Gasteiger partial charge in [-0.3, -0.25) is 14.4 Å². The fourth-order valence-corrected chi connectivity index (χ4v) is 2.37. The summed E-state index contributed by atoms with van der Waals surface area (Å²) in [6, 6.07) is 16.3. The van der Waals surface area contributed by atoms with E-state index in [1.165, 1.54) is 0 Å². The highest BCUT2D eigenvalue weighted by Crippen LogP contribution is 2.22. The van der Waals surface area contributed by atoms with E-state index in [1.54, 1.807) is 24.3 Å². The number of benzene rings is 2. The predicted molar refractivity (Wildman–Crippen MR) is 84.2 cm³/mol. The number of Topliss-reactive ketones (excluding diaryl/α,β-unsaturated/α-hetero) is 1. The molecule has 0 unspecified atom stereocenters. The number of aliphatic carboxylic acids is 2. The van der Waals surface area contributed by atoms with Crippen LogP contribution in [0.4, 0.5) is 0 Å². The highest BCUT2D eigenvalue weighted by molar-refractivity contribution is 6.01. The molecular weight excluding hydrogens is 296 g/mol. The molecule has 0 aliphatic rings. The Morgan fingerprint density at radius 2 is 1.22 bits per heavy atom. The normalized spacial score (nSPS) is 10.5. The number of carbonyl (C=O) groups excluding carboxylic acids is 1. The van der Waals surface area contributed by atoms with E-state index in [4.69, 9.17) is 10.2 Å². The fraction of sp³-hybridized carbons (Fsp3) is 0.167. The van der Waals surface area contributed by atoms with Gasteiger partial charge in [0.15, 0.2) is 5.78 Å². The van der Waals surface area contributed by atoms with E-state index in [2.05, 4.69) is 0 Å². The molecule has 2 rings (SSSR count). The number of rotatable bonds is 7. The molecule has 0 radical (unpaired) electrons. The van der Waals surface area contributed by atoms with Crippen molar-refractivity contribution in [1.82, 2.24) is 0 Å². The molecule has 118 valence electrons. The van der Waals surface area contributed by atoms with Gasteiger partial charge < -0.3 is 10.2 Å². The van der Waals surface area contributed by atoms with E-state index in [-0.39, 0.29) is 0 Å². The lowest BCUT2D eigenvalue weighted by molar-refractivity contribution is -0.139. The Kier molecular flexibility index (Phi) is 5.25. The Bertz CT molecular complexity index is 688. The lowest BCUT2D eigenvalue weighted by atomic mass is 9.91. The summed E-state index contributed by atoms with van der Waals surface area (Å²) in [6.45, 7) is 0. The Hall–Kier alpha value is -2.95. The first-order chi connectivity index (χ1) is 11.0. The monoisotopic (exact) mass is 312 g/mol. The van der Waals surface area contributed by atoms with Crippen LogP contribution in [0.1, 0.15) is 23.2 Å². The summed E-state index contributed by atoms with van der Waals surface area (Å²) < 4.78 is 0. The minimum absolute atomic E-state index is 0.317. The number of hydrogen-bond donors (Lipinski definition) is 2. The molecule has 0 amide bonds. The zero-order valence-electron chi connectivity index (χ0n) is 12.3. The molecule has 0 aliphatic carbocycles. The van der Waals surface area contributed by atoms with Gasteiger partial charge in [-0.1, -0.05) is 54.6 Å². The molecule has 23 heavy (non-hydrogen) atoms. The summed E-state index contributed by atoms with van der Waals surface area (Å²) in [5.41, 5.74) is 2.24. The lowest BCUT2D eigenvalue weighted by Gasteiger charge is -2.12. The van der Waals surface area contributed by atoms with E-state index >= 15 is 0 Å². The molecule has 0 saturated carbocycles. The Morgan fingerprint density at radius 1 is 0.739 bits per heavy atom. The molecule has 0 aliphatic heterocycles. The van der Waals surface area contributed by atoms with Crippen molar-refractivity contribution in [2.75, 3.05) is 0 Å². The summed E-state index contributed by atoms with van der Waals surface area (Å²) >= 11 is 0. The first-order valence-corrected chi connectivity index (χ1v) is 7.10. The second-order valence-corrected chi connectivity index (χ2v) is 5.20. The molecule has 5 heteroatoms. The van der Waals surface area contributed by atoms with Crippen molar-refractivity contribution < 1.29 is 24.6 Å². The Labute approximate surface area is 133 Å². The topological polar surface area (TPSA) is 91.7 Å². The SMILES string of the molecule is O=C(O)CC(CC(=O)O)C(=O)c1ccc(-c2ccccc2)cc1. The number of hydrogen-bond acceptors (Lipinski definition) is 3. The maximum atomic E-state index is 12.3. The van der Waals surface area contributed by atoms with E-state index in [9.17, 15) is 14.4 Å². The molecule has 2 aromatic carbocycles. The molecule has 0 saturated heterocycles. The van der Waals surface area contributed by atoms with Crippen molar-refractivity contribution in [3.05, 3.63) is 60.2 Å². The van der Waals surface area contributed by atoms with Gasteiger partial charge >= 0.3 is 11.9 Å². The van der Waals surface area contributed by atoms with Gasteiger partial charge in [-0.05, 0) is 11.1 Å². The highest BCUT2D eigenvalue weighted by atomic mass is 16.4. The van der Waals surface area contributed by atoms with Crippen LogP contribution in [0, 0.1) is 5.92 Å². The second kappa shape index (κ2) is 7.35. The van der Waals surface area contributed by atoms with Crippen molar-refractivity contribution in [3.63, 3.8) is 0 Å². The average Bonchev–Trinajstić information content (AvgIpc) is 2.54. The first kappa shape index (κ1) is 16.4. The summed E-state index contributed by atoms with van der Waals surface area (Å²) in [5.74, 6) is -3.90. The average molecular weight is 312 g/mol. The molecule has 0 aromatic heterocycles. The molecule has 5 nitrogen and oxygen atoms in total. The van der Waals surface area contributed by atoms with Crippen LogP contribution in [0.2, 0.25) is 0 Å². The first-order valence-electron chi connectivity index (χ1n) is 7.10. The lowest BCUT2D eigenvalue weighted by Crippen LogP contribution is -2.21. The van der Waals surface area contributed by atoms with Crippen LogP contribution in [0.15, 0.2) is 54.6 Å². The third-order valence-corrected chi connectivity index (χ3v) is 3.49. The molecule has 2 aromatic rings. The maximum Gasteiger partial charge on any atom is 0.304 e. The van der Waals surface area contributed by atoms with Crippen LogP contribution in [-0.2, 0) is 9.59 Å². The van der Waals surface area contributed by atoms with E-state index < -0.39 is 36.5 Å². The van der Waals surface area contributed by atoms with Crippen LogP contribution >= 0.6 is 0 Å². The van der Waals surface area contributed by atoms with Crippen molar-refractivity contribution in [1.29, 1.82) is 0 Å².